The highest BCUT2D eigenvalue weighted by Crippen LogP contribution is 2.10. The van der Waals surface area contributed by atoms with Crippen molar-refractivity contribution in [1.82, 2.24) is 9.78 Å². The minimum absolute atomic E-state index is 0.225. The number of rotatable bonds is 3. The molecule has 0 aliphatic rings. The van der Waals surface area contributed by atoms with Crippen molar-refractivity contribution in [2.24, 2.45) is 0 Å². The Hall–Kier alpha value is -2.79. The van der Waals surface area contributed by atoms with Crippen LogP contribution < -0.4 is 5.73 Å². The van der Waals surface area contributed by atoms with Gasteiger partial charge in [-0.1, -0.05) is 41.4 Å². The molecule has 6 heteroatoms. The summed E-state index contributed by atoms with van der Waals surface area (Å²) in [7, 11) is 0. The van der Waals surface area contributed by atoms with Gasteiger partial charge in [-0.25, -0.2) is 4.79 Å². The molecule has 0 bridgehead atoms. The summed E-state index contributed by atoms with van der Waals surface area (Å²) in [5, 5.41) is 13.9. The smallest absolute Gasteiger partial charge is 0.354 e. The molecule has 3 aromatic rings. The van der Waals surface area contributed by atoms with E-state index in [2.05, 4.69) is 5.10 Å². The Kier molecular flexibility index (Phi) is 6.19. The first kappa shape index (κ1) is 18.5. The average molecular weight is 358 g/mol. The molecule has 2 aromatic carbocycles. The second-order valence-corrected chi connectivity index (χ2v) is 6.11. The van der Waals surface area contributed by atoms with Gasteiger partial charge >= 0.3 is 5.97 Å². The number of anilines is 1. The van der Waals surface area contributed by atoms with Crippen LogP contribution in [0.15, 0.2) is 54.6 Å². The number of carbonyl (C=O) groups is 1. The van der Waals surface area contributed by atoms with Crippen molar-refractivity contribution in [3.05, 3.63) is 82.1 Å². The number of aromatic nitrogens is 2. The normalized spacial score (nSPS) is 10.0. The van der Waals surface area contributed by atoms with E-state index < -0.39 is 5.97 Å². The zero-order valence-corrected chi connectivity index (χ0v) is 14.9. The molecular weight excluding hydrogens is 338 g/mol. The van der Waals surface area contributed by atoms with Gasteiger partial charge in [0.1, 0.15) is 5.69 Å². The quantitative estimate of drug-likeness (QED) is 0.689. The van der Waals surface area contributed by atoms with Crippen LogP contribution in [0, 0.1) is 13.8 Å². The fourth-order valence-corrected chi connectivity index (χ4v) is 2.29. The van der Waals surface area contributed by atoms with Crippen molar-refractivity contribution in [3.63, 3.8) is 0 Å². The molecule has 130 valence electrons. The van der Waals surface area contributed by atoms with E-state index in [1.807, 2.05) is 31.2 Å². The summed E-state index contributed by atoms with van der Waals surface area (Å²) in [5.74, 6) is -0.947. The molecule has 25 heavy (non-hydrogen) atoms. The lowest BCUT2D eigenvalue weighted by Crippen LogP contribution is -2.10. The molecule has 0 spiro atoms. The van der Waals surface area contributed by atoms with Gasteiger partial charge in [-0.2, -0.15) is 5.10 Å². The third-order valence-electron chi connectivity index (χ3n) is 3.44. The van der Waals surface area contributed by atoms with E-state index >= 15 is 0 Å². The molecule has 5 nitrogen and oxygen atoms in total. The number of hydrogen-bond acceptors (Lipinski definition) is 3. The van der Waals surface area contributed by atoms with Crippen LogP contribution in [0.2, 0.25) is 5.02 Å². The number of aryl methyl sites for hydroxylation is 2. The summed E-state index contributed by atoms with van der Waals surface area (Å²) in [6, 6.07) is 16.6. The minimum atomic E-state index is -0.947. The van der Waals surface area contributed by atoms with E-state index in [1.54, 1.807) is 37.3 Å². The van der Waals surface area contributed by atoms with Crippen molar-refractivity contribution in [1.29, 1.82) is 0 Å². The van der Waals surface area contributed by atoms with Crippen LogP contribution in [-0.4, -0.2) is 20.9 Å². The molecule has 1 heterocycles. The van der Waals surface area contributed by atoms with Gasteiger partial charge in [-0.3, -0.25) is 4.68 Å². The topological polar surface area (TPSA) is 81.1 Å². The molecule has 0 aliphatic carbocycles. The van der Waals surface area contributed by atoms with Crippen LogP contribution in [0.25, 0.3) is 0 Å². The highest BCUT2D eigenvalue weighted by atomic mass is 35.5. The summed E-state index contributed by atoms with van der Waals surface area (Å²) in [5.41, 5.74) is 9.28. The fourth-order valence-electron chi connectivity index (χ4n) is 2.17. The van der Waals surface area contributed by atoms with Crippen LogP contribution in [-0.2, 0) is 6.54 Å². The van der Waals surface area contributed by atoms with E-state index in [9.17, 15) is 4.79 Å². The molecule has 0 fully saturated rings. The Morgan fingerprint density at radius 1 is 1.12 bits per heavy atom. The molecule has 0 saturated heterocycles. The van der Waals surface area contributed by atoms with Crippen molar-refractivity contribution in [2.45, 2.75) is 20.4 Å². The number of nitrogens with two attached hydrogens (primary N) is 1. The monoisotopic (exact) mass is 357 g/mol. The SMILES string of the molecule is Cc1ccc(Cn2nc(C)cc2C(=O)O)cc1.Nc1ccc(Cl)cc1. The third-order valence-corrected chi connectivity index (χ3v) is 3.70. The minimum Gasteiger partial charge on any atom is -0.477 e. The average Bonchev–Trinajstić information content (AvgIpc) is 2.94. The maximum absolute atomic E-state index is 11.0. The third kappa shape index (κ3) is 5.65. The van der Waals surface area contributed by atoms with Gasteiger partial charge in [0.05, 0.1) is 12.2 Å². The van der Waals surface area contributed by atoms with E-state index in [0.717, 1.165) is 22.0 Å². The van der Waals surface area contributed by atoms with Crippen LogP contribution >= 0.6 is 11.6 Å². The van der Waals surface area contributed by atoms with Crippen molar-refractivity contribution in [2.75, 3.05) is 5.73 Å². The number of aromatic carboxylic acids is 1. The lowest BCUT2D eigenvalue weighted by Gasteiger charge is -2.05. The standard InChI is InChI=1S/C13H14N2O2.C6H6ClN/c1-9-3-5-11(6-4-9)8-15-12(13(16)17)7-10(2)14-15;7-5-1-3-6(8)4-2-5/h3-7H,8H2,1-2H3,(H,16,17);1-4H,8H2. The van der Waals surface area contributed by atoms with E-state index in [0.29, 0.717) is 6.54 Å². The van der Waals surface area contributed by atoms with Gasteiger partial charge in [0.25, 0.3) is 0 Å². The lowest BCUT2D eigenvalue weighted by atomic mass is 10.1. The second kappa shape index (κ2) is 8.35. The molecule has 0 atom stereocenters. The molecular formula is C19H20ClN3O2. The van der Waals surface area contributed by atoms with Crippen molar-refractivity contribution in [3.8, 4) is 0 Å². The molecule has 0 aliphatic heterocycles. The maximum Gasteiger partial charge on any atom is 0.354 e. The van der Waals surface area contributed by atoms with Crippen molar-refractivity contribution < 1.29 is 9.90 Å². The summed E-state index contributed by atoms with van der Waals surface area (Å²) in [6.45, 7) is 4.29. The Balaban J connectivity index is 0.000000236. The number of nitrogen functional groups attached to an aromatic ring is 1. The number of carboxylic acid groups (broad SMARTS) is 1. The first-order valence-corrected chi connectivity index (χ1v) is 8.07. The Morgan fingerprint density at radius 3 is 2.24 bits per heavy atom. The fraction of sp³-hybridized carbons (Fsp3) is 0.158. The van der Waals surface area contributed by atoms with Crippen LogP contribution in [0.4, 0.5) is 5.69 Å². The van der Waals surface area contributed by atoms with Gasteiger partial charge in [0.15, 0.2) is 0 Å². The molecule has 0 saturated carbocycles. The zero-order valence-electron chi connectivity index (χ0n) is 14.1. The summed E-state index contributed by atoms with van der Waals surface area (Å²) < 4.78 is 1.52. The van der Waals surface area contributed by atoms with E-state index in [-0.39, 0.29) is 5.69 Å². The number of hydrogen-bond donors (Lipinski definition) is 2. The predicted molar refractivity (Wildman–Crippen MR) is 100 cm³/mol. The van der Waals surface area contributed by atoms with E-state index in [4.69, 9.17) is 22.4 Å². The Labute approximate surface area is 151 Å². The van der Waals surface area contributed by atoms with Crippen LogP contribution in [0.1, 0.15) is 27.3 Å². The molecule has 3 N–H and O–H groups in total. The Bertz CT molecular complexity index is 819. The summed E-state index contributed by atoms with van der Waals surface area (Å²) in [6.07, 6.45) is 0. The molecule has 0 unspecified atom stereocenters. The largest absolute Gasteiger partial charge is 0.477 e. The van der Waals surface area contributed by atoms with Gasteiger partial charge in [0.2, 0.25) is 0 Å². The molecule has 0 radical (unpaired) electrons. The summed E-state index contributed by atoms with van der Waals surface area (Å²) >= 11 is 5.56. The van der Waals surface area contributed by atoms with Crippen molar-refractivity contribution >= 4 is 23.3 Å². The highest BCUT2D eigenvalue weighted by molar-refractivity contribution is 6.30. The molecule has 3 rings (SSSR count). The molecule has 0 amide bonds. The second-order valence-electron chi connectivity index (χ2n) is 5.67. The first-order chi connectivity index (χ1) is 11.8. The van der Waals surface area contributed by atoms with Gasteiger partial charge in [-0.15, -0.1) is 0 Å². The number of nitrogens with zero attached hydrogens (tertiary/aromatic N) is 2. The van der Waals surface area contributed by atoms with Crippen LogP contribution in [0.5, 0.6) is 0 Å². The number of halogens is 1. The highest BCUT2D eigenvalue weighted by Gasteiger charge is 2.12. The van der Waals surface area contributed by atoms with Crippen LogP contribution in [0.3, 0.4) is 0 Å². The lowest BCUT2D eigenvalue weighted by molar-refractivity contribution is 0.0684. The number of carboxylic acids is 1. The van der Waals surface area contributed by atoms with Gasteiger partial charge in [-0.05, 0) is 49.7 Å². The molecule has 1 aromatic heterocycles. The first-order valence-electron chi connectivity index (χ1n) is 7.69. The van der Waals surface area contributed by atoms with Gasteiger partial charge < -0.3 is 10.8 Å². The predicted octanol–water partition coefficient (Wildman–Crippen LogP) is 4.17. The summed E-state index contributed by atoms with van der Waals surface area (Å²) in [4.78, 5) is 11.0. The number of benzene rings is 2. The maximum atomic E-state index is 11.0. The zero-order chi connectivity index (χ0) is 18.4. The Morgan fingerprint density at radius 2 is 1.72 bits per heavy atom. The van der Waals surface area contributed by atoms with E-state index in [1.165, 1.54) is 10.2 Å². The van der Waals surface area contributed by atoms with Gasteiger partial charge in [0, 0.05) is 10.7 Å².